The summed E-state index contributed by atoms with van der Waals surface area (Å²) in [5.74, 6) is 1.94. The molecule has 40 heavy (non-hydrogen) atoms. The maximum Gasteiger partial charge on any atom is 0.573 e. The highest BCUT2D eigenvalue weighted by atomic mass is 32.2. The number of methoxy groups -OCH3 is 1. The number of hydrogen-bond acceptors (Lipinski definition) is 7. The van der Waals surface area contributed by atoms with Crippen LogP contribution in [0.4, 0.5) is 18.9 Å². The van der Waals surface area contributed by atoms with Crippen molar-refractivity contribution >= 4 is 28.8 Å². The van der Waals surface area contributed by atoms with Crippen molar-refractivity contribution in [3.63, 3.8) is 0 Å². The van der Waals surface area contributed by atoms with E-state index in [0.717, 1.165) is 52.0 Å². The summed E-state index contributed by atoms with van der Waals surface area (Å²) >= 11 is 1.66. The van der Waals surface area contributed by atoms with Crippen molar-refractivity contribution in [1.29, 1.82) is 0 Å². The standard InChI is InChI=1S/C28H25F3N6O2S/c1-19-4-13-25(38-2)24(16-19)36-14-3-15-40-27(36)34-33-17-20-5-7-21(8-6-20)26-32-18-37(35-26)22-9-11-23(12-10-22)39-28(29,30)31/h4-13,16-18H,3,14-15H2,1-2H3/b33-17+,34-27-. The van der Waals surface area contributed by atoms with Crippen molar-refractivity contribution in [1.82, 2.24) is 14.8 Å². The molecule has 5 rings (SSSR count). The Kier molecular flexibility index (Phi) is 8.06. The monoisotopic (exact) mass is 566 g/mol. The van der Waals surface area contributed by atoms with Crippen LogP contribution in [0.3, 0.4) is 0 Å². The van der Waals surface area contributed by atoms with Gasteiger partial charge in [-0.05, 0) is 60.9 Å². The minimum absolute atomic E-state index is 0.302. The molecule has 4 aromatic rings. The Balaban J connectivity index is 1.27. The first-order chi connectivity index (χ1) is 19.3. The summed E-state index contributed by atoms with van der Waals surface area (Å²) in [6.45, 7) is 2.88. The predicted octanol–water partition coefficient (Wildman–Crippen LogP) is 6.48. The maximum atomic E-state index is 12.4. The van der Waals surface area contributed by atoms with Gasteiger partial charge < -0.3 is 14.4 Å². The Bertz CT molecular complexity index is 1520. The highest BCUT2D eigenvalue weighted by Crippen LogP contribution is 2.33. The predicted molar refractivity (Wildman–Crippen MR) is 151 cm³/mol. The molecular formula is C28H25F3N6O2S. The summed E-state index contributed by atoms with van der Waals surface area (Å²) < 4.78 is 48.1. The lowest BCUT2D eigenvalue weighted by Gasteiger charge is -2.30. The van der Waals surface area contributed by atoms with Crippen LogP contribution in [0.25, 0.3) is 17.1 Å². The van der Waals surface area contributed by atoms with Gasteiger partial charge in [0.25, 0.3) is 0 Å². The third-order valence-corrected chi connectivity index (χ3v) is 7.01. The van der Waals surface area contributed by atoms with E-state index in [1.807, 2.05) is 43.3 Å². The number of aromatic nitrogens is 3. The molecule has 8 nitrogen and oxygen atoms in total. The van der Waals surface area contributed by atoms with E-state index < -0.39 is 6.36 Å². The quantitative estimate of drug-likeness (QED) is 0.188. The van der Waals surface area contributed by atoms with Gasteiger partial charge in [0.2, 0.25) is 0 Å². The number of rotatable bonds is 7. The van der Waals surface area contributed by atoms with Gasteiger partial charge in [-0.3, -0.25) is 0 Å². The van der Waals surface area contributed by atoms with E-state index in [1.54, 1.807) is 25.1 Å². The maximum absolute atomic E-state index is 12.4. The van der Waals surface area contributed by atoms with Crippen LogP contribution in [0.2, 0.25) is 0 Å². The molecule has 0 radical (unpaired) electrons. The van der Waals surface area contributed by atoms with Crippen molar-refractivity contribution < 1.29 is 22.6 Å². The molecule has 1 aliphatic rings. The zero-order chi connectivity index (χ0) is 28.1. The molecule has 0 amide bonds. The number of alkyl halides is 3. The van der Waals surface area contributed by atoms with Gasteiger partial charge in [-0.15, -0.1) is 23.4 Å². The number of nitrogens with zero attached hydrogens (tertiary/aromatic N) is 6. The average Bonchev–Trinajstić information content (AvgIpc) is 3.44. The lowest BCUT2D eigenvalue weighted by atomic mass is 10.1. The Morgan fingerprint density at radius 2 is 1.80 bits per heavy atom. The molecule has 0 N–H and O–H groups in total. The molecule has 206 valence electrons. The van der Waals surface area contributed by atoms with E-state index in [-0.39, 0.29) is 5.75 Å². The van der Waals surface area contributed by atoms with Crippen molar-refractivity contribution in [2.24, 2.45) is 10.2 Å². The van der Waals surface area contributed by atoms with Gasteiger partial charge in [-0.1, -0.05) is 42.1 Å². The van der Waals surface area contributed by atoms with Crippen LogP contribution >= 0.6 is 11.8 Å². The van der Waals surface area contributed by atoms with E-state index in [4.69, 9.17) is 4.74 Å². The van der Waals surface area contributed by atoms with Gasteiger partial charge in [0.15, 0.2) is 11.0 Å². The summed E-state index contributed by atoms with van der Waals surface area (Å²) in [6, 6.07) is 19.0. The smallest absolute Gasteiger partial charge is 0.495 e. The molecule has 1 aromatic heterocycles. The van der Waals surface area contributed by atoms with Crippen LogP contribution in [-0.2, 0) is 0 Å². The molecule has 1 fully saturated rings. The van der Waals surface area contributed by atoms with E-state index in [2.05, 4.69) is 36.0 Å². The number of hydrogen-bond donors (Lipinski definition) is 0. The molecule has 12 heteroatoms. The van der Waals surface area contributed by atoms with Gasteiger partial charge in [-0.25, -0.2) is 9.67 Å². The first-order valence-electron chi connectivity index (χ1n) is 12.3. The van der Waals surface area contributed by atoms with Gasteiger partial charge >= 0.3 is 6.36 Å². The second-order valence-corrected chi connectivity index (χ2v) is 9.89. The molecule has 0 saturated carbocycles. The topological polar surface area (TPSA) is 77.1 Å². The van der Waals surface area contributed by atoms with Crippen molar-refractivity contribution in [2.45, 2.75) is 19.7 Å². The summed E-state index contributed by atoms with van der Waals surface area (Å²) in [5.41, 5.74) is 4.30. The lowest BCUT2D eigenvalue weighted by molar-refractivity contribution is -0.274. The molecule has 2 heterocycles. The highest BCUT2D eigenvalue weighted by molar-refractivity contribution is 8.14. The van der Waals surface area contributed by atoms with Crippen LogP contribution in [0.15, 0.2) is 83.3 Å². The number of anilines is 1. The molecule has 0 unspecified atom stereocenters. The average molecular weight is 567 g/mol. The number of benzene rings is 3. The molecule has 3 aromatic carbocycles. The van der Waals surface area contributed by atoms with Crippen LogP contribution in [0.5, 0.6) is 11.5 Å². The minimum Gasteiger partial charge on any atom is -0.495 e. The molecule has 1 saturated heterocycles. The summed E-state index contributed by atoms with van der Waals surface area (Å²) in [5, 5.41) is 14.1. The second kappa shape index (κ2) is 11.8. The van der Waals surface area contributed by atoms with E-state index in [0.29, 0.717) is 11.5 Å². The number of halogens is 3. The molecular weight excluding hydrogens is 541 g/mol. The van der Waals surface area contributed by atoms with Gasteiger partial charge in [0.05, 0.1) is 24.7 Å². The summed E-state index contributed by atoms with van der Waals surface area (Å²) in [4.78, 5) is 6.46. The Morgan fingerprint density at radius 3 is 2.52 bits per heavy atom. The SMILES string of the molecule is COc1ccc(C)cc1N1CCCS/C1=N\N=C\c1ccc(-c2ncn(-c3ccc(OC(F)(F)F)cc3)n2)cc1. The first kappa shape index (κ1) is 27.3. The van der Waals surface area contributed by atoms with Crippen LogP contribution in [0, 0.1) is 6.92 Å². The fourth-order valence-electron chi connectivity index (χ4n) is 4.06. The van der Waals surface area contributed by atoms with Crippen molar-refractivity contribution in [2.75, 3.05) is 24.3 Å². The third kappa shape index (κ3) is 6.63. The van der Waals surface area contributed by atoms with Crippen LogP contribution < -0.4 is 14.4 Å². The number of thioether (sulfide) groups is 1. The summed E-state index contributed by atoms with van der Waals surface area (Å²) in [6.07, 6.45) is -0.518. The van der Waals surface area contributed by atoms with E-state index >= 15 is 0 Å². The van der Waals surface area contributed by atoms with E-state index in [1.165, 1.54) is 35.3 Å². The molecule has 0 aliphatic carbocycles. The second-order valence-electron chi connectivity index (χ2n) is 8.83. The third-order valence-electron chi connectivity index (χ3n) is 5.96. The molecule has 0 spiro atoms. The minimum atomic E-state index is -4.74. The number of aryl methyl sites for hydroxylation is 1. The normalized spacial score (nSPS) is 15.1. The molecule has 0 bridgehead atoms. The van der Waals surface area contributed by atoms with E-state index in [9.17, 15) is 13.2 Å². The molecule has 1 aliphatic heterocycles. The van der Waals surface area contributed by atoms with Crippen molar-refractivity contribution in [3.05, 3.63) is 84.2 Å². The van der Waals surface area contributed by atoms with Gasteiger partial charge in [0.1, 0.15) is 17.8 Å². The zero-order valence-corrected chi connectivity index (χ0v) is 22.5. The van der Waals surface area contributed by atoms with Crippen LogP contribution in [0.1, 0.15) is 17.5 Å². The van der Waals surface area contributed by atoms with Gasteiger partial charge in [0, 0.05) is 17.9 Å². The Morgan fingerprint density at radius 1 is 1.02 bits per heavy atom. The largest absolute Gasteiger partial charge is 0.573 e. The first-order valence-corrected chi connectivity index (χ1v) is 13.3. The highest BCUT2D eigenvalue weighted by Gasteiger charge is 2.31. The van der Waals surface area contributed by atoms with Gasteiger partial charge in [-0.2, -0.15) is 5.10 Å². The number of amidine groups is 1. The molecule has 0 atom stereocenters. The van der Waals surface area contributed by atoms with Crippen molar-refractivity contribution in [3.8, 4) is 28.6 Å². The Hall–Kier alpha value is -4.32. The fraction of sp³-hybridized carbons (Fsp3) is 0.214. The lowest BCUT2D eigenvalue weighted by Crippen LogP contribution is -2.34. The zero-order valence-electron chi connectivity index (χ0n) is 21.7. The Labute approximate surface area is 233 Å². The van der Waals surface area contributed by atoms with Crippen LogP contribution in [-0.4, -0.2) is 51.9 Å². The summed E-state index contributed by atoms with van der Waals surface area (Å²) in [7, 11) is 1.66. The fourth-order valence-corrected chi connectivity index (χ4v) is 4.97. The number of ether oxygens (including phenoxy) is 2.